The lowest BCUT2D eigenvalue weighted by atomic mass is 10.1. The van der Waals surface area contributed by atoms with E-state index in [4.69, 9.17) is 0 Å². The molecule has 0 radical (unpaired) electrons. The molecule has 3 rings (SSSR count). The fourth-order valence-corrected chi connectivity index (χ4v) is 1.72. The van der Waals surface area contributed by atoms with Crippen LogP contribution in [0.15, 0.2) is 54.6 Å². The maximum Gasteiger partial charge on any atom is 0.0709 e. The molecule has 0 fully saturated rings. The second kappa shape index (κ2) is 5.39. The average molecular weight is 225 g/mol. The van der Waals surface area contributed by atoms with Crippen molar-refractivity contribution in [1.82, 2.24) is 10.4 Å². The van der Waals surface area contributed by atoms with Crippen LogP contribution >= 0.6 is 0 Å². The van der Waals surface area contributed by atoms with Crippen LogP contribution in [0.2, 0.25) is 0 Å². The van der Waals surface area contributed by atoms with Gasteiger partial charge in [-0.15, -0.1) is 0 Å². The van der Waals surface area contributed by atoms with E-state index < -0.39 is 0 Å². The van der Waals surface area contributed by atoms with Gasteiger partial charge < -0.3 is 0 Å². The second-order valence-corrected chi connectivity index (χ2v) is 3.66. The fourth-order valence-electron chi connectivity index (χ4n) is 1.72. The predicted molar refractivity (Wildman–Crippen MR) is 72.5 cm³/mol. The number of nitrogens with two attached hydrogens (primary N) is 1. The predicted octanol–water partition coefficient (Wildman–Crippen LogP) is 2.47. The van der Waals surface area contributed by atoms with Gasteiger partial charge in [-0.05, 0) is 25.2 Å². The first-order valence-corrected chi connectivity index (χ1v) is 5.47. The molecule has 3 aromatic rings. The molecule has 1 heterocycles. The minimum atomic E-state index is 1.06. The van der Waals surface area contributed by atoms with Gasteiger partial charge in [0.15, 0.2) is 0 Å². The molecule has 3 N–H and O–H groups in total. The summed E-state index contributed by atoms with van der Waals surface area (Å²) in [5.74, 6) is 4.60. The first-order valence-electron chi connectivity index (χ1n) is 5.47. The molecular formula is C14H15N3. The highest BCUT2D eigenvalue weighted by atomic mass is 15.2. The topological polar surface area (TPSA) is 50.9 Å². The van der Waals surface area contributed by atoms with Crippen LogP contribution in [0.25, 0.3) is 21.8 Å². The number of nitrogens with one attached hydrogen (secondary N) is 1. The van der Waals surface area contributed by atoms with E-state index in [-0.39, 0.29) is 0 Å². The maximum atomic E-state index is 4.60. The summed E-state index contributed by atoms with van der Waals surface area (Å²) in [5, 5.41) is 2.40. The van der Waals surface area contributed by atoms with Gasteiger partial charge in [-0.25, -0.2) is 4.98 Å². The Morgan fingerprint density at radius 2 is 1.29 bits per heavy atom. The molecule has 0 unspecified atom stereocenters. The van der Waals surface area contributed by atoms with Crippen LogP contribution in [-0.2, 0) is 0 Å². The van der Waals surface area contributed by atoms with Crippen LogP contribution in [0.1, 0.15) is 0 Å². The number of aromatic nitrogens is 1. The van der Waals surface area contributed by atoms with E-state index in [0.717, 1.165) is 11.0 Å². The minimum absolute atomic E-state index is 1.06. The molecule has 3 heteroatoms. The standard InChI is InChI=1S/C13H9N.CH6N2/c1-3-7-12-10(5-1)9-11-6-2-4-8-13(11)14-12;1-3-2/h1-9H;3H,2H2,1H3. The third-order valence-corrected chi connectivity index (χ3v) is 2.43. The highest BCUT2D eigenvalue weighted by Crippen LogP contribution is 2.18. The molecule has 0 amide bonds. The number of pyridine rings is 1. The molecule has 2 aromatic carbocycles. The van der Waals surface area contributed by atoms with Crippen molar-refractivity contribution in [2.24, 2.45) is 5.84 Å². The SMILES string of the molecule is CNN.c1ccc2nc3ccccc3cc2c1. The number of nitrogens with zero attached hydrogens (tertiary/aromatic N) is 1. The largest absolute Gasteiger partial charge is 0.272 e. The van der Waals surface area contributed by atoms with Crippen molar-refractivity contribution >= 4 is 21.8 Å². The number of hydrogen-bond donors (Lipinski definition) is 2. The van der Waals surface area contributed by atoms with Gasteiger partial charge in [-0.3, -0.25) is 11.3 Å². The van der Waals surface area contributed by atoms with Crippen LogP contribution in [0, 0.1) is 0 Å². The smallest absolute Gasteiger partial charge is 0.0709 e. The Hall–Kier alpha value is -1.97. The summed E-state index contributed by atoms with van der Waals surface area (Å²) < 4.78 is 0. The quantitative estimate of drug-likeness (QED) is 0.351. The summed E-state index contributed by atoms with van der Waals surface area (Å²) in [6.45, 7) is 0. The summed E-state index contributed by atoms with van der Waals surface area (Å²) in [5.41, 5.74) is 4.37. The number of benzene rings is 2. The van der Waals surface area contributed by atoms with Gasteiger partial charge in [-0.1, -0.05) is 36.4 Å². The Morgan fingerprint density at radius 1 is 0.882 bits per heavy atom. The van der Waals surface area contributed by atoms with Crippen molar-refractivity contribution in [3.05, 3.63) is 54.6 Å². The van der Waals surface area contributed by atoms with Crippen molar-refractivity contribution in [3.8, 4) is 0 Å². The molecule has 17 heavy (non-hydrogen) atoms. The van der Waals surface area contributed by atoms with Gasteiger partial charge in [0.1, 0.15) is 0 Å². The highest BCUT2D eigenvalue weighted by molar-refractivity contribution is 5.92. The Labute approximate surface area is 100 Å². The number of rotatable bonds is 0. The van der Waals surface area contributed by atoms with Gasteiger partial charge in [0.2, 0.25) is 0 Å². The number of hydrogen-bond acceptors (Lipinski definition) is 3. The molecule has 0 bridgehead atoms. The number of fused-ring (bicyclic) bond motifs is 2. The Morgan fingerprint density at radius 3 is 1.76 bits per heavy atom. The number of para-hydroxylation sites is 2. The monoisotopic (exact) mass is 225 g/mol. The van der Waals surface area contributed by atoms with Crippen molar-refractivity contribution < 1.29 is 0 Å². The Balaban J connectivity index is 0.000000329. The third-order valence-electron chi connectivity index (χ3n) is 2.43. The Kier molecular flexibility index (Phi) is 3.65. The second-order valence-electron chi connectivity index (χ2n) is 3.66. The van der Waals surface area contributed by atoms with Crippen LogP contribution in [0.3, 0.4) is 0 Å². The Bertz CT molecular complexity index is 515. The lowest BCUT2D eigenvalue weighted by molar-refractivity contribution is 0.900. The van der Waals surface area contributed by atoms with E-state index in [2.05, 4.69) is 34.5 Å². The van der Waals surface area contributed by atoms with Gasteiger partial charge in [0.25, 0.3) is 0 Å². The molecule has 0 saturated heterocycles. The van der Waals surface area contributed by atoms with E-state index in [9.17, 15) is 0 Å². The van der Waals surface area contributed by atoms with E-state index >= 15 is 0 Å². The molecule has 0 atom stereocenters. The molecule has 0 aliphatic rings. The molecule has 0 spiro atoms. The van der Waals surface area contributed by atoms with E-state index in [1.54, 1.807) is 7.05 Å². The van der Waals surface area contributed by atoms with Crippen molar-refractivity contribution in [3.63, 3.8) is 0 Å². The van der Waals surface area contributed by atoms with Crippen LogP contribution in [0.5, 0.6) is 0 Å². The van der Waals surface area contributed by atoms with Crippen LogP contribution in [-0.4, -0.2) is 12.0 Å². The lowest BCUT2D eigenvalue weighted by Gasteiger charge is -1.99. The van der Waals surface area contributed by atoms with Crippen LogP contribution in [0.4, 0.5) is 0 Å². The first kappa shape index (κ1) is 11.5. The zero-order chi connectivity index (χ0) is 12.1. The molecule has 0 aliphatic heterocycles. The van der Waals surface area contributed by atoms with E-state index in [1.165, 1.54) is 10.8 Å². The zero-order valence-electron chi connectivity index (χ0n) is 9.72. The third kappa shape index (κ3) is 2.58. The van der Waals surface area contributed by atoms with Crippen molar-refractivity contribution in [1.29, 1.82) is 0 Å². The van der Waals surface area contributed by atoms with Crippen molar-refractivity contribution in [2.45, 2.75) is 0 Å². The lowest BCUT2D eigenvalue weighted by Crippen LogP contribution is -2.13. The van der Waals surface area contributed by atoms with Gasteiger partial charge in [0.05, 0.1) is 11.0 Å². The molecule has 0 aliphatic carbocycles. The maximum absolute atomic E-state index is 4.60. The zero-order valence-corrected chi connectivity index (χ0v) is 9.72. The normalized spacial score (nSPS) is 10.0. The van der Waals surface area contributed by atoms with Gasteiger partial charge in [-0.2, -0.15) is 0 Å². The molecule has 86 valence electrons. The summed E-state index contributed by atoms with van der Waals surface area (Å²) >= 11 is 0. The molecule has 0 saturated carbocycles. The van der Waals surface area contributed by atoms with E-state index in [0.29, 0.717) is 0 Å². The minimum Gasteiger partial charge on any atom is -0.272 e. The van der Waals surface area contributed by atoms with Crippen LogP contribution < -0.4 is 11.3 Å². The highest BCUT2D eigenvalue weighted by Gasteiger charge is 1.96. The summed E-state index contributed by atoms with van der Waals surface area (Å²) in [6.07, 6.45) is 0. The first-order chi connectivity index (χ1) is 8.35. The molecular weight excluding hydrogens is 210 g/mol. The summed E-state index contributed by atoms with van der Waals surface area (Å²) in [7, 11) is 1.65. The van der Waals surface area contributed by atoms with Gasteiger partial charge >= 0.3 is 0 Å². The van der Waals surface area contributed by atoms with E-state index in [1.807, 2.05) is 36.4 Å². The summed E-state index contributed by atoms with van der Waals surface area (Å²) in [6, 6.07) is 18.6. The fraction of sp³-hybridized carbons (Fsp3) is 0.0714. The molecule has 1 aromatic heterocycles. The van der Waals surface area contributed by atoms with Gasteiger partial charge in [0, 0.05) is 10.8 Å². The molecule has 3 nitrogen and oxygen atoms in total. The number of hydrazine groups is 1. The average Bonchev–Trinajstić information content (AvgIpc) is 2.37. The summed E-state index contributed by atoms with van der Waals surface area (Å²) in [4.78, 5) is 4.58. The van der Waals surface area contributed by atoms with Crippen molar-refractivity contribution in [2.75, 3.05) is 7.05 Å².